The van der Waals surface area contributed by atoms with Gasteiger partial charge in [-0.25, -0.2) is 18.7 Å². The molecule has 2 aliphatic rings. The Bertz CT molecular complexity index is 924. The predicted molar refractivity (Wildman–Crippen MR) is 103 cm³/mol. The van der Waals surface area contributed by atoms with Crippen molar-refractivity contribution in [2.75, 3.05) is 43.6 Å². The van der Waals surface area contributed by atoms with Crippen LogP contribution in [-0.2, 0) is 9.47 Å². The van der Waals surface area contributed by atoms with Crippen molar-refractivity contribution in [3.05, 3.63) is 29.7 Å². The second kappa shape index (κ2) is 8.34. The molecule has 2 aromatic rings. The summed E-state index contributed by atoms with van der Waals surface area (Å²) in [5, 5.41) is 0. The van der Waals surface area contributed by atoms with E-state index in [4.69, 9.17) is 15.2 Å². The lowest BCUT2D eigenvalue weighted by Gasteiger charge is -2.33. The van der Waals surface area contributed by atoms with Gasteiger partial charge < -0.3 is 20.1 Å². The molecule has 0 bridgehead atoms. The highest BCUT2D eigenvalue weighted by Gasteiger charge is 2.25. The van der Waals surface area contributed by atoms with E-state index in [1.54, 1.807) is 0 Å². The van der Waals surface area contributed by atoms with Gasteiger partial charge in [-0.15, -0.1) is 0 Å². The summed E-state index contributed by atoms with van der Waals surface area (Å²) in [7, 11) is 0. The van der Waals surface area contributed by atoms with Crippen LogP contribution in [0.1, 0.15) is 31.2 Å². The molecule has 154 valence electrons. The first-order chi connectivity index (χ1) is 14.0. The molecule has 0 unspecified atom stereocenters. The summed E-state index contributed by atoms with van der Waals surface area (Å²) in [6, 6.07) is 1.21. The number of alkyl halides is 2. The second-order valence-electron chi connectivity index (χ2n) is 6.95. The van der Waals surface area contributed by atoms with E-state index < -0.39 is 6.43 Å². The maximum absolute atomic E-state index is 13.7. The summed E-state index contributed by atoms with van der Waals surface area (Å²) in [4.78, 5) is 19.6. The molecule has 8 nitrogen and oxygen atoms in total. The lowest BCUT2D eigenvalue weighted by Crippen LogP contribution is -2.44. The molecule has 29 heavy (non-hydrogen) atoms. The molecule has 0 aliphatic carbocycles. The summed E-state index contributed by atoms with van der Waals surface area (Å²) in [5.41, 5.74) is 6.41. The van der Waals surface area contributed by atoms with Crippen LogP contribution in [0.4, 0.5) is 20.5 Å². The molecule has 1 fully saturated rings. The highest BCUT2D eigenvalue weighted by atomic mass is 19.3. The molecule has 2 aromatic heterocycles. The van der Waals surface area contributed by atoms with Gasteiger partial charge in [-0.3, -0.25) is 0 Å². The molecule has 1 saturated heterocycles. The summed E-state index contributed by atoms with van der Waals surface area (Å²) in [6.45, 7) is 4.72. The number of anilines is 2. The van der Waals surface area contributed by atoms with Crippen molar-refractivity contribution in [2.24, 2.45) is 0 Å². The Morgan fingerprint density at radius 2 is 2.00 bits per heavy atom. The minimum absolute atomic E-state index is 0.0208. The van der Waals surface area contributed by atoms with Crippen LogP contribution in [0.25, 0.3) is 17.0 Å². The summed E-state index contributed by atoms with van der Waals surface area (Å²) in [5.74, 6) is 1.07. The number of nitrogens with two attached hydrogens (primary N) is 1. The number of nitrogens with zero attached hydrogens (tertiary/aromatic N) is 5. The number of rotatable bonds is 4. The van der Waals surface area contributed by atoms with Crippen LogP contribution in [0.15, 0.2) is 18.3 Å². The van der Waals surface area contributed by atoms with Gasteiger partial charge in [-0.05, 0) is 25.0 Å². The van der Waals surface area contributed by atoms with Crippen molar-refractivity contribution in [3.8, 4) is 11.4 Å². The van der Waals surface area contributed by atoms with Gasteiger partial charge >= 0.3 is 0 Å². The van der Waals surface area contributed by atoms with Crippen molar-refractivity contribution in [1.82, 2.24) is 19.9 Å². The second-order valence-corrected chi connectivity index (χ2v) is 6.95. The summed E-state index contributed by atoms with van der Waals surface area (Å²) in [6.07, 6.45) is 1.11. The van der Waals surface area contributed by atoms with Crippen molar-refractivity contribution in [2.45, 2.75) is 25.8 Å². The topological polar surface area (TPSA) is 99.3 Å². The van der Waals surface area contributed by atoms with Gasteiger partial charge in [0.25, 0.3) is 6.43 Å². The normalized spacial score (nSPS) is 20.1. The lowest BCUT2D eigenvalue weighted by molar-refractivity contribution is 0.0980. The van der Waals surface area contributed by atoms with E-state index in [2.05, 4.69) is 19.9 Å². The molecular weight excluding hydrogens is 382 g/mol. The fourth-order valence-electron chi connectivity index (χ4n) is 3.37. The molecule has 4 heterocycles. The van der Waals surface area contributed by atoms with Crippen LogP contribution >= 0.6 is 0 Å². The lowest BCUT2D eigenvalue weighted by atomic mass is 10.1. The minimum Gasteiger partial charge on any atom is -0.384 e. The van der Waals surface area contributed by atoms with Gasteiger partial charge in [0.1, 0.15) is 5.82 Å². The Morgan fingerprint density at radius 1 is 1.17 bits per heavy atom. The molecule has 10 heteroatoms. The number of nitrogen functional groups attached to an aromatic ring is 1. The molecule has 2 N–H and O–H groups in total. The van der Waals surface area contributed by atoms with Gasteiger partial charge in [0.05, 0.1) is 32.5 Å². The fourth-order valence-corrected chi connectivity index (χ4v) is 3.37. The quantitative estimate of drug-likeness (QED) is 0.830. The van der Waals surface area contributed by atoms with Gasteiger partial charge in [-0.1, -0.05) is 6.08 Å². The molecule has 1 atom stereocenters. The monoisotopic (exact) mass is 404 g/mol. The standard InChI is InChI=1S/C19H22F2N6O2/c1-11-10-29-7-4-27(11)19-25-17(12-2-5-28-6-3-12)24-18(26-19)14-9-23-15(22)8-13(14)16(20)21/h2,8-9,11,16H,3-7,10H2,1H3,(H2,22,23)/t11-/m0/s1. The number of hydrogen-bond acceptors (Lipinski definition) is 8. The Morgan fingerprint density at radius 3 is 2.72 bits per heavy atom. The average Bonchev–Trinajstić information content (AvgIpc) is 2.74. The van der Waals surface area contributed by atoms with E-state index >= 15 is 0 Å². The average molecular weight is 404 g/mol. The maximum atomic E-state index is 13.7. The van der Waals surface area contributed by atoms with Gasteiger partial charge in [0.2, 0.25) is 5.95 Å². The SMILES string of the molecule is C[C@H]1COCCN1c1nc(C2=CCOCC2)nc(-c2cnc(N)cc2C(F)F)n1. The van der Waals surface area contributed by atoms with Crippen molar-refractivity contribution < 1.29 is 18.3 Å². The first-order valence-electron chi connectivity index (χ1n) is 9.44. The van der Waals surface area contributed by atoms with Crippen LogP contribution in [0.2, 0.25) is 0 Å². The number of halogens is 2. The van der Waals surface area contributed by atoms with E-state index in [0.717, 1.165) is 11.6 Å². The van der Waals surface area contributed by atoms with Crippen LogP contribution in [-0.4, -0.2) is 59.0 Å². The molecule has 0 amide bonds. The first-order valence-corrected chi connectivity index (χ1v) is 9.44. The zero-order chi connectivity index (χ0) is 20.4. The predicted octanol–water partition coefficient (Wildman–Crippen LogP) is 2.48. The summed E-state index contributed by atoms with van der Waals surface area (Å²) >= 11 is 0. The van der Waals surface area contributed by atoms with Crippen molar-refractivity contribution in [3.63, 3.8) is 0 Å². The molecular formula is C19H22F2N6O2. The Hall–Kier alpha value is -2.72. The third-order valence-electron chi connectivity index (χ3n) is 4.93. The van der Waals surface area contributed by atoms with E-state index in [9.17, 15) is 8.78 Å². The fraction of sp³-hybridized carbons (Fsp3) is 0.474. The highest BCUT2D eigenvalue weighted by molar-refractivity contribution is 5.67. The third-order valence-corrected chi connectivity index (χ3v) is 4.93. The number of pyridine rings is 1. The van der Waals surface area contributed by atoms with E-state index in [0.29, 0.717) is 51.2 Å². The number of aromatic nitrogens is 4. The largest absolute Gasteiger partial charge is 0.384 e. The molecule has 0 saturated carbocycles. The maximum Gasteiger partial charge on any atom is 0.264 e. The number of hydrogen-bond donors (Lipinski definition) is 1. The molecule has 0 aromatic carbocycles. The van der Waals surface area contributed by atoms with Crippen molar-refractivity contribution >= 4 is 17.3 Å². The van der Waals surface area contributed by atoms with Crippen LogP contribution in [0.5, 0.6) is 0 Å². The first kappa shape index (κ1) is 19.6. The van der Waals surface area contributed by atoms with Gasteiger partial charge in [-0.2, -0.15) is 9.97 Å². The Kier molecular flexibility index (Phi) is 5.63. The van der Waals surface area contributed by atoms with Crippen LogP contribution in [0.3, 0.4) is 0 Å². The van der Waals surface area contributed by atoms with E-state index in [-0.39, 0.29) is 28.8 Å². The molecule has 4 rings (SSSR count). The van der Waals surface area contributed by atoms with Crippen LogP contribution in [0, 0.1) is 0 Å². The minimum atomic E-state index is -2.73. The van der Waals surface area contributed by atoms with Crippen molar-refractivity contribution in [1.29, 1.82) is 0 Å². The van der Waals surface area contributed by atoms with Gasteiger partial charge in [0.15, 0.2) is 11.6 Å². The zero-order valence-electron chi connectivity index (χ0n) is 16.0. The zero-order valence-corrected chi connectivity index (χ0v) is 16.0. The number of ether oxygens (including phenoxy) is 2. The Balaban J connectivity index is 1.85. The van der Waals surface area contributed by atoms with E-state index in [1.807, 2.05) is 17.9 Å². The highest BCUT2D eigenvalue weighted by Crippen LogP contribution is 2.32. The Labute approximate surface area is 166 Å². The molecule has 0 spiro atoms. The van der Waals surface area contributed by atoms with Gasteiger partial charge in [0, 0.05) is 23.9 Å². The molecule has 0 radical (unpaired) electrons. The molecule has 2 aliphatic heterocycles. The third kappa shape index (κ3) is 4.18. The van der Waals surface area contributed by atoms with Crippen LogP contribution < -0.4 is 10.6 Å². The number of morpholine rings is 1. The smallest absolute Gasteiger partial charge is 0.264 e. The summed E-state index contributed by atoms with van der Waals surface area (Å²) < 4.78 is 38.2. The van der Waals surface area contributed by atoms with E-state index in [1.165, 1.54) is 6.20 Å².